The number of fused-ring (bicyclic) bond motifs is 1. The molecule has 0 aliphatic carbocycles. The first kappa shape index (κ1) is 20.9. The van der Waals surface area contributed by atoms with Crippen molar-refractivity contribution < 1.29 is 19.0 Å². The molecule has 1 atom stereocenters. The molecule has 1 saturated heterocycles. The lowest BCUT2D eigenvalue weighted by atomic mass is 9.85. The van der Waals surface area contributed by atoms with Crippen LogP contribution in [0, 0.1) is 11.3 Å². The van der Waals surface area contributed by atoms with Gasteiger partial charge in [0.25, 0.3) is 0 Å². The van der Waals surface area contributed by atoms with Gasteiger partial charge in [-0.2, -0.15) is 5.26 Å². The Bertz CT molecular complexity index is 1060. The van der Waals surface area contributed by atoms with Gasteiger partial charge in [0, 0.05) is 23.6 Å². The van der Waals surface area contributed by atoms with Gasteiger partial charge in [0.15, 0.2) is 11.5 Å². The second-order valence-corrected chi connectivity index (χ2v) is 8.08. The highest BCUT2D eigenvalue weighted by molar-refractivity contribution is 8.03. The molecule has 2 aliphatic heterocycles. The van der Waals surface area contributed by atoms with Crippen molar-refractivity contribution in [2.75, 3.05) is 38.8 Å². The summed E-state index contributed by atoms with van der Waals surface area (Å²) < 4.78 is 16.2. The summed E-state index contributed by atoms with van der Waals surface area (Å²) >= 11 is 1.50. The molecular formula is C23H23N3O4S. The molecule has 0 radical (unpaired) electrons. The molecule has 0 spiro atoms. The minimum absolute atomic E-state index is 0.0189. The fraction of sp³-hybridized carbons (Fsp3) is 0.304. The van der Waals surface area contributed by atoms with Gasteiger partial charge in [-0.1, -0.05) is 23.9 Å². The van der Waals surface area contributed by atoms with Crippen LogP contribution in [0.1, 0.15) is 17.9 Å². The maximum Gasteiger partial charge on any atom is 0.229 e. The van der Waals surface area contributed by atoms with E-state index in [2.05, 4.69) is 11.0 Å². The van der Waals surface area contributed by atoms with E-state index < -0.39 is 0 Å². The molecular weight excluding hydrogens is 414 g/mol. The molecule has 2 aromatic carbocycles. The van der Waals surface area contributed by atoms with E-state index in [4.69, 9.17) is 14.2 Å². The Morgan fingerprint density at radius 3 is 2.48 bits per heavy atom. The quantitative estimate of drug-likeness (QED) is 0.701. The van der Waals surface area contributed by atoms with Crippen molar-refractivity contribution in [2.24, 2.45) is 0 Å². The minimum atomic E-state index is -0.367. The Kier molecular flexibility index (Phi) is 5.96. The maximum atomic E-state index is 13.2. The zero-order chi connectivity index (χ0) is 22.0. The van der Waals surface area contributed by atoms with E-state index in [1.165, 1.54) is 11.8 Å². The lowest BCUT2D eigenvalue weighted by Crippen LogP contribution is -2.47. The van der Waals surface area contributed by atoms with E-state index >= 15 is 0 Å². The van der Waals surface area contributed by atoms with E-state index in [1.54, 1.807) is 32.3 Å². The van der Waals surface area contributed by atoms with E-state index in [9.17, 15) is 10.1 Å². The smallest absolute Gasteiger partial charge is 0.229 e. The number of benzene rings is 2. The molecule has 0 unspecified atom stereocenters. The van der Waals surface area contributed by atoms with Crippen LogP contribution in [-0.2, 0) is 4.79 Å². The van der Waals surface area contributed by atoms with Crippen LogP contribution in [0.4, 0.5) is 5.69 Å². The van der Waals surface area contributed by atoms with Crippen molar-refractivity contribution in [3.8, 4) is 23.3 Å². The Morgan fingerprint density at radius 2 is 1.84 bits per heavy atom. The van der Waals surface area contributed by atoms with Crippen molar-refractivity contribution in [1.82, 2.24) is 4.90 Å². The number of nitrogens with zero attached hydrogens (tertiary/aromatic N) is 3. The summed E-state index contributed by atoms with van der Waals surface area (Å²) in [5, 5.41) is 10.7. The van der Waals surface area contributed by atoms with E-state index in [-0.39, 0.29) is 18.2 Å². The van der Waals surface area contributed by atoms with Crippen molar-refractivity contribution in [1.29, 1.82) is 5.26 Å². The molecule has 8 heteroatoms. The SMILES string of the molecule is COc1ccc(N2CSC3=C(C#N)[C@@H](c4cccc(OC)c4OC)CC(=O)N3C2)cc1. The normalized spacial score (nSPS) is 18.4. The van der Waals surface area contributed by atoms with Crippen molar-refractivity contribution >= 4 is 23.4 Å². The number of thioether (sulfide) groups is 1. The first-order valence-electron chi connectivity index (χ1n) is 9.78. The molecule has 0 bridgehead atoms. The molecule has 2 heterocycles. The lowest BCUT2D eigenvalue weighted by molar-refractivity contribution is -0.129. The number of rotatable bonds is 5. The second kappa shape index (κ2) is 8.82. The van der Waals surface area contributed by atoms with Gasteiger partial charge in [0.05, 0.1) is 50.5 Å². The average Bonchev–Trinajstić information content (AvgIpc) is 2.83. The molecule has 31 heavy (non-hydrogen) atoms. The summed E-state index contributed by atoms with van der Waals surface area (Å²) in [5.74, 6) is 2.18. The van der Waals surface area contributed by atoms with Crippen LogP contribution in [0.3, 0.4) is 0 Å². The van der Waals surface area contributed by atoms with Gasteiger partial charge in [-0.25, -0.2) is 0 Å². The van der Waals surface area contributed by atoms with Gasteiger partial charge in [-0.05, 0) is 30.3 Å². The molecule has 160 valence electrons. The fourth-order valence-corrected chi connectivity index (χ4v) is 5.14. The molecule has 4 rings (SSSR count). The van der Waals surface area contributed by atoms with Crippen molar-refractivity contribution in [3.63, 3.8) is 0 Å². The summed E-state index contributed by atoms with van der Waals surface area (Å²) in [5.41, 5.74) is 2.37. The minimum Gasteiger partial charge on any atom is -0.497 e. The third-order valence-corrected chi connectivity index (χ3v) is 6.69. The fourth-order valence-electron chi connectivity index (χ4n) is 3.97. The van der Waals surface area contributed by atoms with Gasteiger partial charge in [0.1, 0.15) is 5.75 Å². The summed E-state index contributed by atoms with van der Waals surface area (Å²) in [6.45, 7) is 0.403. The van der Waals surface area contributed by atoms with Crippen LogP contribution in [0.2, 0.25) is 0 Å². The predicted molar refractivity (Wildman–Crippen MR) is 119 cm³/mol. The molecule has 1 fully saturated rings. The number of ether oxygens (including phenoxy) is 3. The third kappa shape index (κ3) is 3.77. The van der Waals surface area contributed by atoms with Crippen LogP contribution in [-0.4, -0.2) is 44.7 Å². The Hall–Kier alpha value is -3.31. The zero-order valence-corrected chi connectivity index (χ0v) is 18.4. The molecule has 0 saturated carbocycles. The largest absolute Gasteiger partial charge is 0.497 e. The van der Waals surface area contributed by atoms with Gasteiger partial charge in [0.2, 0.25) is 5.91 Å². The highest BCUT2D eigenvalue weighted by Crippen LogP contribution is 2.47. The van der Waals surface area contributed by atoms with Crippen LogP contribution in [0.5, 0.6) is 17.2 Å². The number of methoxy groups -OCH3 is 3. The number of anilines is 1. The predicted octanol–water partition coefficient (Wildman–Crippen LogP) is 3.93. The lowest BCUT2D eigenvalue weighted by Gasteiger charge is -2.42. The van der Waals surface area contributed by atoms with E-state index in [0.29, 0.717) is 29.6 Å². The highest BCUT2D eigenvalue weighted by Gasteiger charge is 2.39. The Labute approximate surface area is 185 Å². The number of carbonyl (C=O) groups excluding carboxylic acids is 1. The van der Waals surface area contributed by atoms with Gasteiger partial charge >= 0.3 is 0 Å². The average molecular weight is 438 g/mol. The van der Waals surface area contributed by atoms with E-state index in [1.807, 2.05) is 36.4 Å². The molecule has 2 aliphatic rings. The summed E-state index contributed by atoms with van der Waals surface area (Å²) in [7, 11) is 4.77. The number of nitriles is 1. The number of hydrogen-bond donors (Lipinski definition) is 0. The maximum absolute atomic E-state index is 13.2. The molecule has 7 nitrogen and oxygen atoms in total. The first-order valence-corrected chi connectivity index (χ1v) is 10.8. The zero-order valence-electron chi connectivity index (χ0n) is 17.6. The van der Waals surface area contributed by atoms with Crippen LogP contribution < -0.4 is 19.1 Å². The number of allylic oxidation sites excluding steroid dienone is 1. The molecule has 0 N–H and O–H groups in total. The van der Waals surface area contributed by atoms with Crippen molar-refractivity contribution in [3.05, 3.63) is 58.6 Å². The molecule has 0 aromatic heterocycles. The van der Waals surface area contributed by atoms with Crippen LogP contribution >= 0.6 is 11.8 Å². The topological polar surface area (TPSA) is 75.0 Å². The summed E-state index contributed by atoms with van der Waals surface area (Å²) in [6.07, 6.45) is 0.201. The molecule has 2 aromatic rings. The Balaban J connectivity index is 1.68. The molecule has 1 amide bonds. The third-order valence-electron chi connectivity index (χ3n) is 5.54. The first-order chi connectivity index (χ1) is 15.1. The highest BCUT2D eigenvalue weighted by atomic mass is 32.2. The number of carbonyl (C=O) groups is 1. The number of amides is 1. The van der Waals surface area contributed by atoms with E-state index in [0.717, 1.165) is 22.0 Å². The van der Waals surface area contributed by atoms with Gasteiger partial charge in [-0.15, -0.1) is 0 Å². The van der Waals surface area contributed by atoms with Crippen LogP contribution in [0.15, 0.2) is 53.1 Å². The second-order valence-electron chi connectivity index (χ2n) is 7.14. The summed E-state index contributed by atoms with van der Waals surface area (Å²) in [6, 6.07) is 15.7. The standard InChI is InChI=1S/C23H23N3O4S/c1-28-16-9-7-15(8-10-16)25-13-26-21(27)11-18(19(12-24)23(26)31-14-25)17-5-4-6-20(29-2)22(17)30-3/h4-10,18H,11,13-14H2,1-3H3/t18-/m1/s1. The summed E-state index contributed by atoms with van der Waals surface area (Å²) in [4.78, 5) is 17.0. The number of hydrogen-bond acceptors (Lipinski definition) is 7. The number of para-hydroxylation sites is 1. The monoisotopic (exact) mass is 437 g/mol. The van der Waals surface area contributed by atoms with Crippen LogP contribution in [0.25, 0.3) is 0 Å². The Morgan fingerprint density at radius 1 is 1.06 bits per heavy atom. The van der Waals surface area contributed by atoms with Gasteiger partial charge in [-0.3, -0.25) is 9.69 Å². The van der Waals surface area contributed by atoms with Gasteiger partial charge < -0.3 is 19.1 Å². The van der Waals surface area contributed by atoms with Crippen molar-refractivity contribution in [2.45, 2.75) is 12.3 Å².